The number of rotatable bonds is 5. The Morgan fingerprint density at radius 2 is 1.73 bits per heavy atom. The van der Waals surface area contributed by atoms with Crippen LogP contribution in [-0.4, -0.2) is 57.8 Å². The molecule has 3 aliphatic carbocycles. The molecule has 3 atom stereocenters. The van der Waals surface area contributed by atoms with Crippen molar-refractivity contribution in [1.29, 1.82) is 0 Å². The second kappa shape index (κ2) is 11.1. The van der Waals surface area contributed by atoms with Crippen LogP contribution in [0, 0.1) is 11.8 Å². The third kappa shape index (κ3) is 5.36. The van der Waals surface area contributed by atoms with E-state index < -0.39 is 0 Å². The Hall–Kier alpha value is -4.05. The van der Waals surface area contributed by atoms with Gasteiger partial charge in [0, 0.05) is 30.9 Å². The SMILES string of the molecule is Cn1cnc2c(NC3CC4CCC3C4)ncnc21.OC1CCC(Nc2nc(-c3ccccc3)nc3[nH]ccc23)CC1. The quantitative estimate of drug-likeness (QED) is 0.231. The number of aromatic amines is 1. The normalized spacial score (nSPS) is 25.3. The molecule has 3 saturated carbocycles. The smallest absolute Gasteiger partial charge is 0.165 e. The number of imidazole rings is 1. The van der Waals surface area contributed by atoms with Gasteiger partial charge in [-0.25, -0.2) is 24.9 Å². The molecule has 0 spiro atoms. The minimum Gasteiger partial charge on any atom is -0.393 e. The summed E-state index contributed by atoms with van der Waals surface area (Å²) in [5.41, 5.74) is 3.64. The van der Waals surface area contributed by atoms with Crippen molar-refractivity contribution in [2.24, 2.45) is 18.9 Å². The van der Waals surface area contributed by atoms with Crippen molar-refractivity contribution in [3.05, 3.63) is 55.2 Å². The summed E-state index contributed by atoms with van der Waals surface area (Å²) >= 11 is 0. The molecule has 1 aromatic carbocycles. The van der Waals surface area contributed by atoms with E-state index >= 15 is 0 Å². The average molecular weight is 552 g/mol. The lowest BCUT2D eigenvalue weighted by Gasteiger charge is -2.26. The van der Waals surface area contributed by atoms with Gasteiger partial charge in [0.25, 0.3) is 0 Å². The molecule has 0 saturated heterocycles. The summed E-state index contributed by atoms with van der Waals surface area (Å²) in [6.45, 7) is 0. The van der Waals surface area contributed by atoms with E-state index in [1.165, 1.54) is 25.7 Å². The molecule has 4 N–H and O–H groups in total. The van der Waals surface area contributed by atoms with E-state index in [-0.39, 0.29) is 6.10 Å². The molecule has 3 unspecified atom stereocenters. The maximum absolute atomic E-state index is 9.67. The molecule has 10 heteroatoms. The number of hydrogen-bond acceptors (Lipinski definition) is 8. The van der Waals surface area contributed by atoms with Gasteiger partial charge >= 0.3 is 0 Å². The number of aliphatic hydroxyl groups excluding tert-OH is 1. The molecule has 0 amide bonds. The second-order valence-electron chi connectivity index (χ2n) is 11.8. The van der Waals surface area contributed by atoms with Crippen LogP contribution in [-0.2, 0) is 7.05 Å². The van der Waals surface area contributed by atoms with E-state index in [1.807, 2.05) is 54.2 Å². The number of fused-ring (bicyclic) bond motifs is 4. The molecule has 5 aromatic rings. The fourth-order valence-corrected chi connectivity index (χ4v) is 6.83. The number of aromatic nitrogens is 7. The van der Waals surface area contributed by atoms with Crippen molar-refractivity contribution in [3.63, 3.8) is 0 Å². The maximum Gasteiger partial charge on any atom is 0.165 e. The van der Waals surface area contributed by atoms with E-state index in [2.05, 4.69) is 35.6 Å². The zero-order chi connectivity index (χ0) is 27.8. The van der Waals surface area contributed by atoms with Crippen LogP contribution < -0.4 is 10.6 Å². The van der Waals surface area contributed by atoms with Gasteiger partial charge in [-0.15, -0.1) is 0 Å². The molecule has 2 bridgehead atoms. The molecule has 4 heterocycles. The van der Waals surface area contributed by atoms with Gasteiger partial charge in [-0.3, -0.25) is 0 Å². The Kier molecular flexibility index (Phi) is 7.00. The molecule has 10 nitrogen and oxygen atoms in total. The highest BCUT2D eigenvalue weighted by Crippen LogP contribution is 2.45. The van der Waals surface area contributed by atoms with Crippen molar-refractivity contribution in [3.8, 4) is 11.4 Å². The zero-order valence-electron chi connectivity index (χ0n) is 23.4. The van der Waals surface area contributed by atoms with E-state index in [4.69, 9.17) is 4.98 Å². The highest BCUT2D eigenvalue weighted by Gasteiger charge is 2.39. The maximum atomic E-state index is 9.67. The van der Waals surface area contributed by atoms with Crippen molar-refractivity contribution < 1.29 is 5.11 Å². The lowest BCUT2D eigenvalue weighted by molar-refractivity contribution is 0.126. The predicted octanol–water partition coefficient (Wildman–Crippen LogP) is 5.30. The van der Waals surface area contributed by atoms with E-state index in [9.17, 15) is 5.11 Å². The number of aliphatic hydroxyl groups is 1. The fourth-order valence-electron chi connectivity index (χ4n) is 6.83. The molecule has 8 rings (SSSR count). The summed E-state index contributed by atoms with van der Waals surface area (Å²) in [6.07, 6.45) is 14.3. The van der Waals surface area contributed by atoms with Gasteiger partial charge in [-0.1, -0.05) is 36.8 Å². The Bertz CT molecular complexity index is 1620. The molecule has 0 aliphatic heterocycles. The van der Waals surface area contributed by atoms with E-state index in [0.29, 0.717) is 12.1 Å². The molecular formula is C31H37N9O. The summed E-state index contributed by atoms with van der Waals surface area (Å²) in [5, 5.41) is 17.8. The van der Waals surface area contributed by atoms with Crippen LogP contribution in [0.2, 0.25) is 0 Å². The lowest BCUT2D eigenvalue weighted by atomic mass is 9.93. The zero-order valence-corrected chi connectivity index (χ0v) is 23.4. The fraction of sp³-hybridized carbons (Fsp3) is 0.452. The predicted molar refractivity (Wildman–Crippen MR) is 160 cm³/mol. The van der Waals surface area contributed by atoms with Gasteiger partial charge in [-0.2, -0.15) is 0 Å². The Balaban J connectivity index is 0.000000139. The number of nitrogens with one attached hydrogen (secondary N) is 3. The minimum absolute atomic E-state index is 0.148. The van der Waals surface area contributed by atoms with E-state index in [1.54, 1.807) is 12.7 Å². The highest BCUT2D eigenvalue weighted by atomic mass is 16.3. The van der Waals surface area contributed by atoms with Gasteiger partial charge < -0.3 is 25.3 Å². The number of nitrogens with zero attached hydrogens (tertiary/aromatic N) is 6. The standard InChI is InChI=1S/C18H20N4O.C13H17N5/c23-14-8-6-13(7-9-14)20-18-15-10-11-19-17(15)21-16(22-18)12-4-2-1-3-5-12;1-18-7-16-11-12(14-6-15-13(11)18)17-10-5-8-2-3-9(10)4-8/h1-5,10-11,13-14,23H,6-9H2,(H2,19,20,21,22);6-10H,2-5H2,1H3,(H,14,15,17). The first-order chi connectivity index (χ1) is 20.1. The monoisotopic (exact) mass is 551 g/mol. The van der Waals surface area contributed by atoms with Crippen molar-refractivity contribution >= 4 is 33.8 Å². The first-order valence-corrected chi connectivity index (χ1v) is 14.8. The third-order valence-electron chi connectivity index (χ3n) is 9.04. The number of anilines is 2. The van der Waals surface area contributed by atoms with Gasteiger partial charge in [0.2, 0.25) is 0 Å². The van der Waals surface area contributed by atoms with Crippen LogP contribution in [0.3, 0.4) is 0 Å². The first-order valence-electron chi connectivity index (χ1n) is 14.8. The third-order valence-corrected chi connectivity index (χ3v) is 9.04. The Labute approximate surface area is 239 Å². The van der Waals surface area contributed by atoms with Gasteiger partial charge in [-0.05, 0) is 62.8 Å². The average Bonchev–Trinajstić information content (AvgIpc) is 3.81. The van der Waals surface area contributed by atoms with Gasteiger partial charge in [0.05, 0.1) is 17.8 Å². The lowest BCUT2D eigenvalue weighted by Crippen LogP contribution is -2.28. The van der Waals surface area contributed by atoms with Crippen LogP contribution in [0.1, 0.15) is 51.4 Å². The van der Waals surface area contributed by atoms with Gasteiger partial charge in [0.1, 0.15) is 23.3 Å². The molecule has 3 fully saturated rings. The summed E-state index contributed by atoms with van der Waals surface area (Å²) in [6, 6.07) is 13.0. The summed E-state index contributed by atoms with van der Waals surface area (Å²) in [4.78, 5) is 25.6. The minimum atomic E-state index is -0.148. The number of hydrogen-bond donors (Lipinski definition) is 4. The first kappa shape index (κ1) is 25.9. The van der Waals surface area contributed by atoms with Gasteiger partial charge in [0.15, 0.2) is 17.3 Å². The molecule has 0 radical (unpaired) electrons. The Morgan fingerprint density at radius 1 is 0.878 bits per heavy atom. The molecular weight excluding hydrogens is 514 g/mol. The van der Waals surface area contributed by atoms with Crippen molar-refractivity contribution in [1.82, 2.24) is 34.5 Å². The highest BCUT2D eigenvalue weighted by molar-refractivity contribution is 5.88. The summed E-state index contributed by atoms with van der Waals surface area (Å²) in [5.74, 6) is 4.27. The van der Waals surface area contributed by atoms with Crippen LogP contribution >= 0.6 is 0 Å². The van der Waals surface area contributed by atoms with Crippen LogP contribution in [0.25, 0.3) is 33.6 Å². The summed E-state index contributed by atoms with van der Waals surface area (Å²) in [7, 11) is 1.96. The van der Waals surface area contributed by atoms with Crippen LogP contribution in [0.4, 0.5) is 11.6 Å². The van der Waals surface area contributed by atoms with E-state index in [0.717, 1.165) is 82.7 Å². The van der Waals surface area contributed by atoms with Crippen LogP contribution in [0.15, 0.2) is 55.2 Å². The molecule has 3 aliphatic rings. The summed E-state index contributed by atoms with van der Waals surface area (Å²) < 4.78 is 1.93. The second-order valence-corrected chi connectivity index (χ2v) is 11.8. The largest absolute Gasteiger partial charge is 0.393 e. The number of aryl methyl sites for hydroxylation is 1. The molecule has 4 aromatic heterocycles. The van der Waals surface area contributed by atoms with Crippen molar-refractivity contribution in [2.75, 3.05) is 10.6 Å². The molecule has 212 valence electrons. The van der Waals surface area contributed by atoms with Crippen LogP contribution in [0.5, 0.6) is 0 Å². The number of benzene rings is 1. The number of H-pyrrole nitrogens is 1. The Morgan fingerprint density at radius 3 is 2.51 bits per heavy atom. The molecule has 41 heavy (non-hydrogen) atoms. The topological polar surface area (TPSA) is 129 Å². The van der Waals surface area contributed by atoms with Crippen molar-refractivity contribution in [2.45, 2.75) is 69.6 Å².